The quantitative estimate of drug-likeness (QED) is 0.778. The van der Waals surface area contributed by atoms with E-state index in [9.17, 15) is 14.0 Å². The number of rotatable bonds is 6. The van der Waals surface area contributed by atoms with E-state index in [1.54, 1.807) is 6.07 Å². The van der Waals surface area contributed by atoms with E-state index in [2.05, 4.69) is 5.32 Å². The summed E-state index contributed by atoms with van der Waals surface area (Å²) in [6.07, 6.45) is 1.12. The van der Waals surface area contributed by atoms with Crippen molar-refractivity contribution < 1.29 is 23.5 Å². The second kappa shape index (κ2) is 8.48. The molecule has 0 saturated carbocycles. The maximum atomic E-state index is 14.4. The third-order valence-corrected chi connectivity index (χ3v) is 4.63. The highest BCUT2D eigenvalue weighted by Crippen LogP contribution is 2.36. The summed E-state index contributed by atoms with van der Waals surface area (Å²) >= 11 is 6.19. The lowest BCUT2D eigenvalue weighted by Crippen LogP contribution is -2.24. The van der Waals surface area contributed by atoms with Crippen LogP contribution >= 0.6 is 11.6 Å². The van der Waals surface area contributed by atoms with Crippen molar-refractivity contribution in [2.45, 2.75) is 19.8 Å². The minimum Gasteiger partial charge on any atom is -0.493 e. The van der Waals surface area contributed by atoms with Crippen LogP contribution in [0, 0.1) is 5.82 Å². The lowest BCUT2D eigenvalue weighted by Gasteiger charge is -2.17. The second-order valence-electron chi connectivity index (χ2n) is 6.19. The Hall–Kier alpha value is -2.80. The largest absolute Gasteiger partial charge is 0.493 e. The van der Waals surface area contributed by atoms with Gasteiger partial charge in [0.25, 0.3) is 5.91 Å². The first-order valence-corrected chi connectivity index (χ1v) is 9.24. The zero-order chi connectivity index (χ0) is 20.3. The predicted octanol–water partition coefficient (Wildman–Crippen LogP) is 4.27. The number of carbonyl (C=O) groups excluding carboxylic acids is 2. The molecule has 0 aromatic heterocycles. The number of hydrogen-bond acceptors (Lipinski definition) is 4. The van der Waals surface area contributed by atoms with Crippen LogP contribution in [0.25, 0.3) is 0 Å². The molecule has 0 radical (unpaired) electrons. The highest BCUT2D eigenvalue weighted by atomic mass is 35.5. The van der Waals surface area contributed by atoms with Crippen molar-refractivity contribution in [3.63, 3.8) is 0 Å². The molecule has 1 fully saturated rings. The zero-order valence-corrected chi connectivity index (χ0v) is 16.3. The first kappa shape index (κ1) is 19.9. The molecule has 1 heterocycles. The van der Waals surface area contributed by atoms with Crippen LogP contribution in [-0.4, -0.2) is 32.1 Å². The summed E-state index contributed by atoms with van der Waals surface area (Å²) in [5.41, 5.74) is 0.720. The number of anilines is 2. The van der Waals surface area contributed by atoms with Gasteiger partial charge in [-0.2, -0.15) is 0 Å². The Bertz CT molecular complexity index is 919. The molecule has 0 bridgehead atoms. The predicted molar refractivity (Wildman–Crippen MR) is 105 cm³/mol. The molecule has 28 heavy (non-hydrogen) atoms. The van der Waals surface area contributed by atoms with Crippen molar-refractivity contribution in [2.75, 3.05) is 30.5 Å². The molecular formula is C20H20ClFN2O4. The van der Waals surface area contributed by atoms with E-state index in [1.807, 2.05) is 6.92 Å². The number of nitrogens with one attached hydrogen (secondary N) is 1. The van der Waals surface area contributed by atoms with Crippen molar-refractivity contribution >= 4 is 34.8 Å². The Balaban J connectivity index is 1.80. The SMILES string of the molecule is CCOc1c(Cl)cc(C(=O)Nc2ccc(N3CCCC3=O)c(F)c2)cc1OC. The number of methoxy groups -OCH3 is 1. The van der Waals surface area contributed by atoms with Gasteiger partial charge in [-0.3, -0.25) is 9.59 Å². The van der Waals surface area contributed by atoms with E-state index in [1.165, 1.54) is 36.3 Å². The first-order valence-electron chi connectivity index (χ1n) is 8.86. The number of nitrogens with zero attached hydrogens (tertiary/aromatic N) is 1. The Labute approximate surface area is 167 Å². The molecule has 148 valence electrons. The number of halogens is 2. The molecule has 1 saturated heterocycles. The number of ether oxygens (including phenoxy) is 2. The summed E-state index contributed by atoms with van der Waals surface area (Å²) in [5.74, 6) is -0.475. The fourth-order valence-electron chi connectivity index (χ4n) is 3.05. The number of carbonyl (C=O) groups is 2. The van der Waals surface area contributed by atoms with Gasteiger partial charge in [0.05, 0.1) is 24.4 Å². The standard InChI is InChI=1S/C20H20ClFN2O4/c1-3-28-19-14(21)9-12(10-17(19)27-2)20(26)23-13-6-7-16(15(22)11-13)24-8-4-5-18(24)25/h6-7,9-11H,3-5,8H2,1-2H3,(H,23,26). The fourth-order valence-corrected chi connectivity index (χ4v) is 3.31. The van der Waals surface area contributed by atoms with Gasteiger partial charge >= 0.3 is 0 Å². The van der Waals surface area contributed by atoms with Gasteiger partial charge in [0, 0.05) is 24.2 Å². The van der Waals surface area contributed by atoms with Gasteiger partial charge < -0.3 is 19.7 Å². The lowest BCUT2D eigenvalue weighted by molar-refractivity contribution is -0.117. The molecule has 8 heteroatoms. The van der Waals surface area contributed by atoms with Crippen LogP contribution in [0.1, 0.15) is 30.1 Å². The van der Waals surface area contributed by atoms with Crippen LogP contribution in [0.3, 0.4) is 0 Å². The lowest BCUT2D eigenvalue weighted by atomic mass is 10.1. The third-order valence-electron chi connectivity index (χ3n) is 4.35. The van der Waals surface area contributed by atoms with Crippen LogP contribution < -0.4 is 19.7 Å². The van der Waals surface area contributed by atoms with Gasteiger partial charge in [-0.25, -0.2) is 4.39 Å². The minimum atomic E-state index is -0.574. The Kier molecular flexibility index (Phi) is 6.04. The summed E-state index contributed by atoms with van der Waals surface area (Å²) in [4.78, 5) is 25.8. The van der Waals surface area contributed by atoms with Crippen molar-refractivity contribution in [1.82, 2.24) is 0 Å². The van der Waals surface area contributed by atoms with E-state index in [0.717, 1.165) is 0 Å². The van der Waals surface area contributed by atoms with Gasteiger partial charge in [0.2, 0.25) is 5.91 Å². The Morgan fingerprint density at radius 3 is 2.71 bits per heavy atom. The average Bonchev–Trinajstić information content (AvgIpc) is 3.09. The van der Waals surface area contributed by atoms with E-state index >= 15 is 0 Å². The van der Waals surface area contributed by atoms with Crippen molar-refractivity contribution in [3.8, 4) is 11.5 Å². The van der Waals surface area contributed by atoms with Crippen molar-refractivity contribution in [3.05, 3.63) is 46.7 Å². The van der Waals surface area contributed by atoms with Crippen LogP contribution in [0.2, 0.25) is 5.02 Å². The highest BCUT2D eigenvalue weighted by molar-refractivity contribution is 6.32. The Morgan fingerprint density at radius 1 is 1.32 bits per heavy atom. The third kappa shape index (κ3) is 4.04. The number of hydrogen-bond donors (Lipinski definition) is 1. The van der Waals surface area contributed by atoms with Crippen LogP contribution in [0.15, 0.2) is 30.3 Å². The Morgan fingerprint density at radius 2 is 2.11 bits per heavy atom. The molecule has 3 rings (SSSR count). The molecule has 2 amide bonds. The summed E-state index contributed by atoms with van der Waals surface area (Å²) in [6, 6.07) is 7.18. The second-order valence-corrected chi connectivity index (χ2v) is 6.60. The van der Waals surface area contributed by atoms with Crippen molar-refractivity contribution in [2.24, 2.45) is 0 Å². The molecule has 0 spiro atoms. The molecule has 0 aliphatic carbocycles. The van der Waals surface area contributed by atoms with Gasteiger partial charge in [0.1, 0.15) is 5.82 Å². The molecule has 2 aromatic carbocycles. The van der Waals surface area contributed by atoms with Crippen LogP contribution in [0.5, 0.6) is 11.5 Å². The van der Waals surface area contributed by atoms with Crippen LogP contribution in [0.4, 0.5) is 15.8 Å². The number of amides is 2. The summed E-state index contributed by atoms with van der Waals surface area (Å²) in [6.45, 7) is 2.70. The summed E-state index contributed by atoms with van der Waals surface area (Å²) < 4.78 is 25.1. The molecule has 0 atom stereocenters. The van der Waals surface area contributed by atoms with Crippen molar-refractivity contribution in [1.29, 1.82) is 0 Å². The smallest absolute Gasteiger partial charge is 0.255 e. The zero-order valence-electron chi connectivity index (χ0n) is 15.6. The van der Waals surface area contributed by atoms with Gasteiger partial charge in [-0.1, -0.05) is 11.6 Å². The maximum Gasteiger partial charge on any atom is 0.255 e. The normalized spacial score (nSPS) is 13.6. The van der Waals surface area contributed by atoms with Gasteiger partial charge in [0.15, 0.2) is 11.5 Å². The molecular weight excluding hydrogens is 387 g/mol. The first-order chi connectivity index (χ1) is 13.4. The summed E-state index contributed by atoms with van der Waals surface area (Å²) in [5, 5.41) is 2.86. The molecule has 1 aliphatic heterocycles. The number of benzene rings is 2. The maximum absolute atomic E-state index is 14.4. The molecule has 0 unspecified atom stereocenters. The van der Waals surface area contributed by atoms with E-state index < -0.39 is 11.7 Å². The van der Waals surface area contributed by atoms with E-state index in [-0.39, 0.29) is 27.9 Å². The highest BCUT2D eigenvalue weighted by Gasteiger charge is 2.24. The molecule has 2 aromatic rings. The van der Waals surface area contributed by atoms with E-state index in [0.29, 0.717) is 37.5 Å². The monoisotopic (exact) mass is 406 g/mol. The van der Waals surface area contributed by atoms with Gasteiger partial charge in [-0.05, 0) is 43.7 Å². The minimum absolute atomic E-state index is 0.105. The molecule has 1 N–H and O–H groups in total. The average molecular weight is 407 g/mol. The van der Waals surface area contributed by atoms with Crippen LogP contribution in [-0.2, 0) is 4.79 Å². The fraction of sp³-hybridized carbons (Fsp3) is 0.300. The van der Waals surface area contributed by atoms with E-state index in [4.69, 9.17) is 21.1 Å². The molecule has 6 nitrogen and oxygen atoms in total. The molecule has 1 aliphatic rings. The topological polar surface area (TPSA) is 67.9 Å². The van der Waals surface area contributed by atoms with Gasteiger partial charge in [-0.15, -0.1) is 0 Å². The summed E-state index contributed by atoms with van der Waals surface area (Å²) in [7, 11) is 1.45.